The number of hydrogen-bond donors (Lipinski definition) is 0. The number of rotatable bonds is 3. The van der Waals surface area contributed by atoms with E-state index >= 15 is 0 Å². The summed E-state index contributed by atoms with van der Waals surface area (Å²) in [6.45, 7) is 9.54. The molecule has 0 amide bonds. The minimum Gasteiger partial charge on any atom is -0.488 e. The van der Waals surface area contributed by atoms with Crippen LogP contribution in [0.25, 0.3) is 11.0 Å². The summed E-state index contributed by atoms with van der Waals surface area (Å²) in [5.41, 5.74) is 0.386. The summed E-state index contributed by atoms with van der Waals surface area (Å²) in [6, 6.07) is 5.57. The van der Waals surface area contributed by atoms with Crippen LogP contribution in [0.4, 0.5) is 0 Å². The van der Waals surface area contributed by atoms with Crippen LogP contribution in [0.3, 0.4) is 0 Å². The summed E-state index contributed by atoms with van der Waals surface area (Å²) in [4.78, 5) is 25.4. The van der Waals surface area contributed by atoms with E-state index in [1.165, 1.54) is 0 Å². The summed E-state index contributed by atoms with van der Waals surface area (Å²) in [7, 11) is 0. The third-order valence-electron chi connectivity index (χ3n) is 5.69. The fourth-order valence-corrected chi connectivity index (χ4v) is 3.92. The van der Waals surface area contributed by atoms with Crippen molar-refractivity contribution in [3.63, 3.8) is 0 Å². The Bertz CT molecular complexity index is 954. The Morgan fingerprint density at radius 1 is 1.24 bits per heavy atom. The molecule has 1 aromatic heterocycles. The third kappa shape index (κ3) is 2.25. The lowest BCUT2D eigenvalue weighted by Crippen LogP contribution is -2.39. The molecule has 2 aromatic rings. The first-order valence-corrected chi connectivity index (χ1v) is 8.59. The Morgan fingerprint density at radius 3 is 2.56 bits per heavy atom. The van der Waals surface area contributed by atoms with Crippen molar-refractivity contribution in [2.24, 2.45) is 0 Å². The van der Waals surface area contributed by atoms with Crippen molar-refractivity contribution in [2.75, 3.05) is 0 Å². The smallest absolute Gasteiger partial charge is 0.343 e. The molecule has 0 spiro atoms. The van der Waals surface area contributed by atoms with Crippen LogP contribution in [0.5, 0.6) is 5.75 Å². The highest BCUT2D eigenvalue weighted by molar-refractivity contribution is 5.91. The summed E-state index contributed by atoms with van der Waals surface area (Å²) < 4.78 is 17.1. The first-order valence-electron chi connectivity index (χ1n) is 8.59. The highest BCUT2D eigenvalue weighted by Crippen LogP contribution is 2.49. The van der Waals surface area contributed by atoms with E-state index in [1.54, 1.807) is 6.07 Å². The van der Waals surface area contributed by atoms with Gasteiger partial charge >= 0.3 is 5.63 Å². The lowest BCUT2D eigenvalue weighted by Gasteiger charge is -2.26. The van der Waals surface area contributed by atoms with Gasteiger partial charge in [0.2, 0.25) is 0 Å². The average molecular weight is 342 g/mol. The van der Waals surface area contributed by atoms with Gasteiger partial charge < -0.3 is 13.9 Å². The maximum atomic E-state index is 12.7. The molecule has 1 saturated heterocycles. The molecule has 4 rings (SSSR count). The molecule has 5 heteroatoms. The molecule has 0 N–H and O–H groups in total. The lowest BCUT2D eigenvalue weighted by molar-refractivity contribution is -0.122. The van der Waals surface area contributed by atoms with Crippen molar-refractivity contribution in [3.8, 4) is 5.75 Å². The molecule has 1 aromatic carbocycles. The van der Waals surface area contributed by atoms with Crippen LogP contribution in [0.1, 0.15) is 45.2 Å². The molecule has 25 heavy (non-hydrogen) atoms. The van der Waals surface area contributed by atoms with Crippen molar-refractivity contribution in [1.29, 1.82) is 0 Å². The molecule has 1 fully saturated rings. The quantitative estimate of drug-likeness (QED) is 0.632. The number of carbonyl (C=O) groups is 1. The van der Waals surface area contributed by atoms with Crippen LogP contribution in [0.15, 0.2) is 27.4 Å². The van der Waals surface area contributed by atoms with Gasteiger partial charge in [-0.1, -0.05) is 19.1 Å². The molecule has 0 radical (unpaired) electrons. The molecule has 2 aliphatic heterocycles. The van der Waals surface area contributed by atoms with Crippen molar-refractivity contribution in [3.05, 3.63) is 39.7 Å². The Hall–Kier alpha value is -2.14. The number of fused-ring (bicyclic) bond motifs is 3. The van der Waals surface area contributed by atoms with Gasteiger partial charge in [-0.25, -0.2) is 4.79 Å². The van der Waals surface area contributed by atoms with E-state index in [2.05, 4.69) is 0 Å². The molecule has 0 aliphatic carbocycles. The number of ether oxygens (including phenoxy) is 2. The zero-order chi connectivity index (χ0) is 18.1. The zero-order valence-corrected chi connectivity index (χ0v) is 15.1. The van der Waals surface area contributed by atoms with Gasteiger partial charge in [0.05, 0.1) is 16.6 Å². The topological polar surface area (TPSA) is 69.0 Å². The first-order chi connectivity index (χ1) is 11.6. The molecule has 3 heterocycles. The van der Waals surface area contributed by atoms with Gasteiger partial charge in [-0.2, -0.15) is 0 Å². The van der Waals surface area contributed by atoms with E-state index in [-0.39, 0.29) is 18.3 Å². The van der Waals surface area contributed by atoms with E-state index in [1.807, 2.05) is 46.8 Å². The molecule has 3 atom stereocenters. The van der Waals surface area contributed by atoms with Gasteiger partial charge in [0, 0.05) is 11.8 Å². The second-order valence-corrected chi connectivity index (χ2v) is 7.96. The minimum absolute atomic E-state index is 0.0000746. The third-order valence-corrected chi connectivity index (χ3v) is 5.69. The molecule has 0 bridgehead atoms. The predicted molar refractivity (Wildman–Crippen MR) is 93.2 cm³/mol. The molecular formula is C20H22O5. The number of benzene rings is 1. The standard InChI is InChI=1S/C20H22O5/c1-10-7-6-8-13-14(10)16-15(18(22)24-13)20(5,11(2)23-16)9-12(21)17-19(3,4)25-17/h6-8,11,17H,9H2,1-5H3/t11-,17?,20+/m0/s1. The molecule has 132 valence electrons. The highest BCUT2D eigenvalue weighted by atomic mass is 16.6. The second-order valence-electron chi connectivity index (χ2n) is 7.96. The van der Waals surface area contributed by atoms with Crippen molar-refractivity contribution >= 4 is 16.8 Å². The van der Waals surface area contributed by atoms with E-state index in [0.29, 0.717) is 16.9 Å². The Balaban J connectivity index is 1.84. The van der Waals surface area contributed by atoms with Crippen molar-refractivity contribution < 1.29 is 18.7 Å². The van der Waals surface area contributed by atoms with E-state index in [4.69, 9.17) is 13.9 Å². The minimum atomic E-state index is -0.731. The molecule has 0 saturated carbocycles. The zero-order valence-electron chi connectivity index (χ0n) is 15.1. The second kappa shape index (κ2) is 4.94. The first kappa shape index (κ1) is 16.3. The van der Waals surface area contributed by atoms with Crippen LogP contribution in [-0.2, 0) is 14.9 Å². The summed E-state index contributed by atoms with van der Waals surface area (Å²) >= 11 is 0. The van der Waals surface area contributed by atoms with Gasteiger partial charge in [0.25, 0.3) is 0 Å². The van der Waals surface area contributed by atoms with Crippen LogP contribution >= 0.6 is 0 Å². The number of carbonyl (C=O) groups excluding carboxylic acids is 1. The molecule has 1 unspecified atom stereocenters. The SMILES string of the molecule is Cc1cccc2oc(=O)c3c(c12)O[C@@H](C)[C@@]3(C)CC(=O)C1OC1(C)C. The van der Waals surface area contributed by atoms with Gasteiger partial charge in [0.1, 0.15) is 23.5 Å². The molecule has 5 nitrogen and oxygen atoms in total. The van der Waals surface area contributed by atoms with Gasteiger partial charge in [0.15, 0.2) is 5.78 Å². The van der Waals surface area contributed by atoms with Gasteiger partial charge in [-0.05, 0) is 39.3 Å². The molecular weight excluding hydrogens is 320 g/mol. The van der Waals surface area contributed by atoms with Crippen molar-refractivity contribution in [1.82, 2.24) is 0 Å². The number of hydrogen-bond acceptors (Lipinski definition) is 5. The Labute approximate surface area is 145 Å². The highest BCUT2D eigenvalue weighted by Gasteiger charge is 2.56. The fraction of sp³-hybridized carbons (Fsp3) is 0.500. The monoisotopic (exact) mass is 342 g/mol. The predicted octanol–water partition coefficient (Wildman–Crippen LogP) is 3.28. The maximum absolute atomic E-state index is 12.7. The number of ketones is 1. The number of epoxide rings is 1. The number of aryl methyl sites for hydroxylation is 1. The normalized spacial score (nSPS) is 29.3. The van der Waals surface area contributed by atoms with Crippen LogP contribution in [-0.4, -0.2) is 23.6 Å². The summed E-state index contributed by atoms with van der Waals surface area (Å²) in [5.74, 6) is 0.559. The van der Waals surface area contributed by atoms with E-state index in [0.717, 1.165) is 10.9 Å². The summed E-state index contributed by atoms with van der Waals surface area (Å²) in [5, 5.41) is 0.808. The van der Waals surface area contributed by atoms with Crippen LogP contribution in [0.2, 0.25) is 0 Å². The van der Waals surface area contributed by atoms with Gasteiger partial charge in [-0.3, -0.25) is 4.79 Å². The molecule has 2 aliphatic rings. The Kier molecular flexibility index (Phi) is 3.23. The van der Waals surface area contributed by atoms with E-state index in [9.17, 15) is 9.59 Å². The van der Waals surface area contributed by atoms with E-state index < -0.39 is 22.7 Å². The number of Topliss-reactive ketones (excluding diaryl/α,β-unsaturated/α-hetero) is 1. The lowest BCUT2D eigenvalue weighted by atomic mass is 9.75. The largest absolute Gasteiger partial charge is 0.488 e. The summed E-state index contributed by atoms with van der Waals surface area (Å²) in [6.07, 6.45) is -0.520. The van der Waals surface area contributed by atoms with Crippen molar-refractivity contribution in [2.45, 2.75) is 64.3 Å². The van der Waals surface area contributed by atoms with Crippen LogP contribution < -0.4 is 10.4 Å². The van der Waals surface area contributed by atoms with Crippen LogP contribution in [0, 0.1) is 6.92 Å². The fourth-order valence-electron chi connectivity index (χ4n) is 3.92. The van der Waals surface area contributed by atoms with Gasteiger partial charge in [-0.15, -0.1) is 0 Å². The average Bonchev–Trinajstić information content (AvgIpc) is 3.07. The maximum Gasteiger partial charge on any atom is 0.343 e. The Morgan fingerprint density at radius 2 is 1.92 bits per heavy atom.